The number of amides is 2. The van der Waals surface area contributed by atoms with Crippen molar-refractivity contribution in [2.24, 2.45) is 5.73 Å². The van der Waals surface area contributed by atoms with Gasteiger partial charge in [-0.1, -0.05) is 0 Å². The maximum Gasteiger partial charge on any atom is 0.314 e. The standard InChI is InChI=1S/C6H11N2O2/c7-6(10)8-3-1-2-5(9)4-8/h2,5,9H,1,3-4H2,(H2,7,10)/t5-/m0/s1. The van der Waals surface area contributed by atoms with Gasteiger partial charge in [-0.25, -0.2) is 4.79 Å². The first-order chi connectivity index (χ1) is 4.70. The molecule has 0 saturated carbocycles. The van der Waals surface area contributed by atoms with Crippen molar-refractivity contribution in [1.82, 2.24) is 4.90 Å². The number of hydrogen-bond acceptors (Lipinski definition) is 2. The zero-order valence-electron chi connectivity index (χ0n) is 5.66. The Kier molecular flexibility index (Phi) is 2.11. The Bertz CT molecular complexity index is 138. The van der Waals surface area contributed by atoms with Crippen molar-refractivity contribution in [3.63, 3.8) is 0 Å². The Balaban J connectivity index is 2.39. The molecule has 0 aromatic rings. The molecule has 1 heterocycles. The molecule has 3 N–H and O–H groups in total. The highest BCUT2D eigenvalue weighted by atomic mass is 16.3. The SMILES string of the molecule is NC(=O)N1CC[CH][C@H](O)C1. The quantitative estimate of drug-likeness (QED) is 0.472. The summed E-state index contributed by atoms with van der Waals surface area (Å²) in [5.41, 5.74) is 4.99. The van der Waals surface area contributed by atoms with Crippen LogP contribution in [0.2, 0.25) is 0 Å². The molecule has 4 nitrogen and oxygen atoms in total. The maximum absolute atomic E-state index is 10.5. The molecule has 1 saturated heterocycles. The van der Waals surface area contributed by atoms with E-state index < -0.39 is 12.1 Å². The molecule has 1 aliphatic heterocycles. The lowest BCUT2D eigenvalue weighted by molar-refractivity contribution is 0.122. The van der Waals surface area contributed by atoms with Crippen LogP contribution in [-0.4, -0.2) is 35.2 Å². The minimum Gasteiger partial charge on any atom is -0.391 e. The van der Waals surface area contributed by atoms with E-state index in [4.69, 9.17) is 10.8 Å². The number of carbonyl (C=O) groups is 1. The van der Waals surface area contributed by atoms with Gasteiger partial charge < -0.3 is 15.7 Å². The number of primary amides is 1. The minimum atomic E-state index is -0.499. The van der Waals surface area contributed by atoms with Crippen molar-refractivity contribution in [3.05, 3.63) is 6.42 Å². The number of nitrogens with two attached hydrogens (primary N) is 1. The summed E-state index contributed by atoms with van der Waals surface area (Å²) in [5, 5.41) is 9.02. The molecule has 1 atom stereocenters. The summed E-state index contributed by atoms with van der Waals surface area (Å²) in [6.07, 6.45) is 2.00. The Morgan fingerprint density at radius 3 is 2.90 bits per heavy atom. The lowest BCUT2D eigenvalue weighted by Gasteiger charge is -2.27. The van der Waals surface area contributed by atoms with Crippen LogP contribution in [0.1, 0.15) is 6.42 Å². The molecular formula is C6H11N2O2. The molecule has 2 amide bonds. The number of aliphatic hydroxyl groups is 1. The van der Waals surface area contributed by atoms with Crippen molar-refractivity contribution in [3.8, 4) is 0 Å². The van der Waals surface area contributed by atoms with E-state index in [-0.39, 0.29) is 0 Å². The molecule has 0 bridgehead atoms. The zero-order valence-corrected chi connectivity index (χ0v) is 5.66. The Labute approximate surface area is 59.6 Å². The van der Waals surface area contributed by atoms with Crippen molar-refractivity contribution in [2.45, 2.75) is 12.5 Å². The maximum atomic E-state index is 10.5. The molecule has 0 spiro atoms. The van der Waals surface area contributed by atoms with Gasteiger partial charge in [-0.2, -0.15) is 0 Å². The molecule has 1 aliphatic rings. The third kappa shape index (κ3) is 1.60. The molecule has 1 radical (unpaired) electrons. The lowest BCUT2D eigenvalue weighted by atomic mass is 10.1. The van der Waals surface area contributed by atoms with E-state index in [0.717, 1.165) is 6.42 Å². The number of likely N-dealkylation sites (tertiary alicyclic amines) is 1. The average molecular weight is 143 g/mol. The summed E-state index contributed by atoms with van der Waals surface area (Å²) in [4.78, 5) is 12.0. The lowest BCUT2D eigenvalue weighted by Crippen LogP contribution is -2.45. The highest BCUT2D eigenvalue weighted by molar-refractivity contribution is 5.72. The molecule has 0 aromatic heterocycles. The second kappa shape index (κ2) is 2.88. The van der Waals surface area contributed by atoms with Crippen LogP contribution in [0, 0.1) is 6.42 Å². The Hall–Kier alpha value is -0.770. The molecule has 4 heteroatoms. The van der Waals surface area contributed by atoms with Crippen molar-refractivity contribution < 1.29 is 9.90 Å². The van der Waals surface area contributed by atoms with Gasteiger partial charge in [0.15, 0.2) is 0 Å². The van der Waals surface area contributed by atoms with Gasteiger partial charge in [-0.05, 0) is 12.8 Å². The van der Waals surface area contributed by atoms with Crippen LogP contribution in [-0.2, 0) is 0 Å². The molecule has 57 valence electrons. The zero-order chi connectivity index (χ0) is 7.56. The third-order valence-electron chi connectivity index (χ3n) is 1.56. The van der Waals surface area contributed by atoms with Gasteiger partial charge in [0.25, 0.3) is 0 Å². The van der Waals surface area contributed by atoms with Crippen LogP contribution in [0.4, 0.5) is 4.79 Å². The highest BCUT2D eigenvalue weighted by Crippen LogP contribution is 2.07. The predicted molar refractivity (Wildman–Crippen MR) is 36.1 cm³/mol. The van der Waals surface area contributed by atoms with E-state index in [1.807, 2.05) is 0 Å². The second-order valence-corrected chi connectivity index (χ2v) is 2.38. The summed E-state index contributed by atoms with van der Waals surface area (Å²) in [6.45, 7) is 0.974. The number of rotatable bonds is 0. The molecule has 1 rings (SSSR count). The average Bonchev–Trinajstić information content (AvgIpc) is 1.88. The van der Waals surface area contributed by atoms with Gasteiger partial charge >= 0.3 is 6.03 Å². The third-order valence-corrected chi connectivity index (χ3v) is 1.56. The van der Waals surface area contributed by atoms with E-state index in [1.165, 1.54) is 4.90 Å². The fraction of sp³-hybridized carbons (Fsp3) is 0.667. The summed E-state index contributed by atoms with van der Waals surface area (Å²) >= 11 is 0. The van der Waals surface area contributed by atoms with Crippen LogP contribution in [0.3, 0.4) is 0 Å². The van der Waals surface area contributed by atoms with Crippen LogP contribution < -0.4 is 5.73 Å². The fourth-order valence-corrected chi connectivity index (χ4v) is 1.01. The smallest absolute Gasteiger partial charge is 0.314 e. The van der Waals surface area contributed by atoms with Gasteiger partial charge in [0, 0.05) is 13.1 Å². The van der Waals surface area contributed by atoms with E-state index in [9.17, 15) is 4.79 Å². The summed E-state index contributed by atoms with van der Waals surface area (Å²) in [6, 6.07) is -0.452. The number of β-amino-alcohol motifs (C(OH)–C–C–N with tert-alkyl or cyclic N) is 1. The molecule has 0 unspecified atom stereocenters. The highest BCUT2D eigenvalue weighted by Gasteiger charge is 2.19. The Morgan fingerprint density at radius 1 is 1.80 bits per heavy atom. The summed E-state index contributed by atoms with van der Waals surface area (Å²) in [5.74, 6) is 0. The van der Waals surface area contributed by atoms with E-state index in [2.05, 4.69) is 0 Å². The molecule has 0 aromatic carbocycles. The van der Waals surface area contributed by atoms with Crippen molar-refractivity contribution in [2.75, 3.05) is 13.1 Å². The van der Waals surface area contributed by atoms with Crippen LogP contribution >= 0.6 is 0 Å². The number of urea groups is 1. The topological polar surface area (TPSA) is 66.6 Å². The Morgan fingerprint density at radius 2 is 2.50 bits per heavy atom. The number of carbonyl (C=O) groups excluding carboxylic acids is 1. The molecular weight excluding hydrogens is 132 g/mol. The normalized spacial score (nSPS) is 26.5. The van der Waals surface area contributed by atoms with E-state index in [0.29, 0.717) is 13.1 Å². The largest absolute Gasteiger partial charge is 0.391 e. The summed E-state index contributed by atoms with van der Waals surface area (Å²) < 4.78 is 0. The first kappa shape index (κ1) is 7.34. The first-order valence-corrected chi connectivity index (χ1v) is 3.26. The number of hydrogen-bond donors (Lipinski definition) is 2. The number of nitrogens with zero attached hydrogens (tertiary/aromatic N) is 1. The first-order valence-electron chi connectivity index (χ1n) is 3.26. The molecule has 1 fully saturated rings. The van der Waals surface area contributed by atoms with E-state index in [1.54, 1.807) is 6.42 Å². The predicted octanol–water partition coefficient (Wildman–Crippen LogP) is -0.664. The minimum absolute atomic E-state index is 0.343. The van der Waals surface area contributed by atoms with Gasteiger partial charge in [0.2, 0.25) is 0 Å². The summed E-state index contributed by atoms with van der Waals surface area (Å²) in [7, 11) is 0. The fourth-order valence-electron chi connectivity index (χ4n) is 1.01. The van der Waals surface area contributed by atoms with Gasteiger partial charge in [0.05, 0.1) is 6.10 Å². The number of aliphatic hydroxyl groups excluding tert-OH is 1. The van der Waals surface area contributed by atoms with Gasteiger partial charge in [-0.15, -0.1) is 0 Å². The van der Waals surface area contributed by atoms with E-state index >= 15 is 0 Å². The van der Waals surface area contributed by atoms with Crippen LogP contribution in [0.5, 0.6) is 0 Å². The van der Waals surface area contributed by atoms with Crippen molar-refractivity contribution >= 4 is 6.03 Å². The van der Waals surface area contributed by atoms with Gasteiger partial charge in [0.1, 0.15) is 0 Å². The molecule has 10 heavy (non-hydrogen) atoms. The van der Waals surface area contributed by atoms with Crippen LogP contribution in [0.25, 0.3) is 0 Å². The van der Waals surface area contributed by atoms with Gasteiger partial charge in [-0.3, -0.25) is 0 Å². The van der Waals surface area contributed by atoms with Crippen molar-refractivity contribution in [1.29, 1.82) is 0 Å². The second-order valence-electron chi connectivity index (χ2n) is 2.38. The molecule has 0 aliphatic carbocycles. The number of piperidine rings is 1. The monoisotopic (exact) mass is 143 g/mol. The van der Waals surface area contributed by atoms with Crippen LogP contribution in [0.15, 0.2) is 0 Å².